The lowest BCUT2D eigenvalue weighted by molar-refractivity contribution is -0.137. The van der Waals surface area contributed by atoms with Gasteiger partial charge in [-0.1, -0.05) is 0 Å². The maximum absolute atomic E-state index is 11.8. The topological polar surface area (TPSA) is 95.0 Å². The van der Waals surface area contributed by atoms with E-state index >= 15 is 0 Å². The molecular weight excluding hydrogens is 248 g/mol. The summed E-state index contributed by atoms with van der Waals surface area (Å²) in [5.41, 5.74) is 0. The number of hydrogen-bond donors (Lipinski definition) is 1. The first-order valence-electron chi connectivity index (χ1n) is 5.17. The van der Waals surface area contributed by atoms with Gasteiger partial charge in [0, 0.05) is 19.6 Å². The first-order valence-corrected chi connectivity index (χ1v) is 6.99. The highest BCUT2D eigenvalue weighted by atomic mass is 32.2. The minimum Gasteiger partial charge on any atom is -0.480 e. The van der Waals surface area contributed by atoms with Crippen LogP contribution in [0.4, 0.5) is 4.79 Å². The molecule has 1 aliphatic rings. The molecule has 1 aliphatic heterocycles. The number of amides is 2. The summed E-state index contributed by atoms with van der Waals surface area (Å²) in [6.45, 7) is 1.37. The van der Waals surface area contributed by atoms with Crippen LogP contribution in [0.15, 0.2) is 0 Å². The Morgan fingerprint density at radius 1 is 1.47 bits per heavy atom. The van der Waals surface area contributed by atoms with Gasteiger partial charge in [0.1, 0.15) is 6.54 Å². The fourth-order valence-corrected chi connectivity index (χ4v) is 3.33. The van der Waals surface area contributed by atoms with Crippen LogP contribution in [0.3, 0.4) is 0 Å². The van der Waals surface area contributed by atoms with Crippen molar-refractivity contribution in [2.45, 2.75) is 13.0 Å². The van der Waals surface area contributed by atoms with Crippen molar-refractivity contribution >= 4 is 21.8 Å². The van der Waals surface area contributed by atoms with Gasteiger partial charge in [0.2, 0.25) is 0 Å². The Morgan fingerprint density at radius 2 is 2.06 bits per heavy atom. The van der Waals surface area contributed by atoms with E-state index in [1.165, 1.54) is 11.9 Å². The lowest BCUT2D eigenvalue weighted by atomic mass is 10.3. The molecule has 0 aromatic rings. The Hall–Kier alpha value is -1.31. The standard InChI is InChI=1S/C9H16N2O5S/c1-7-6-17(15,16)4-3-11(7)9(14)10(2)5-8(12)13/h7H,3-6H2,1-2H3,(H,12,13). The highest BCUT2D eigenvalue weighted by molar-refractivity contribution is 7.91. The molecule has 8 heteroatoms. The maximum Gasteiger partial charge on any atom is 0.323 e. The van der Waals surface area contributed by atoms with Gasteiger partial charge in [-0.2, -0.15) is 0 Å². The zero-order chi connectivity index (χ0) is 13.2. The van der Waals surface area contributed by atoms with E-state index in [-0.39, 0.29) is 18.1 Å². The Bertz CT molecular complexity index is 419. The minimum atomic E-state index is -3.08. The quantitative estimate of drug-likeness (QED) is 0.707. The van der Waals surface area contributed by atoms with Crippen LogP contribution in [-0.2, 0) is 14.6 Å². The molecule has 7 nitrogen and oxygen atoms in total. The lowest BCUT2D eigenvalue weighted by Crippen LogP contribution is -2.54. The number of carboxylic acid groups (broad SMARTS) is 1. The van der Waals surface area contributed by atoms with Crippen LogP contribution >= 0.6 is 0 Å². The maximum atomic E-state index is 11.8. The fraction of sp³-hybridized carbons (Fsp3) is 0.778. The molecule has 1 rings (SSSR count). The largest absolute Gasteiger partial charge is 0.480 e. The Labute approximate surface area is 99.9 Å². The molecule has 1 N–H and O–H groups in total. The number of aliphatic carboxylic acids is 1. The van der Waals surface area contributed by atoms with Gasteiger partial charge in [-0.05, 0) is 6.92 Å². The molecule has 1 heterocycles. The molecule has 0 saturated carbocycles. The second-order valence-electron chi connectivity index (χ2n) is 4.19. The monoisotopic (exact) mass is 264 g/mol. The second kappa shape index (κ2) is 4.91. The van der Waals surface area contributed by atoms with E-state index in [2.05, 4.69) is 0 Å². The average molecular weight is 264 g/mol. The summed E-state index contributed by atoms with van der Waals surface area (Å²) < 4.78 is 22.7. The van der Waals surface area contributed by atoms with Crippen LogP contribution in [0.25, 0.3) is 0 Å². The zero-order valence-corrected chi connectivity index (χ0v) is 10.6. The summed E-state index contributed by atoms with van der Waals surface area (Å²) in [5.74, 6) is -1.23. The molecule has 0 aromatic heterocycles. The fourth-order valence-electron chi connectivity index (χ4n) is 1.77. The lowest BCUT2D eigenvalue weighted by Gasteiger charge is -2.35. The molecule has 1 unspecified atom stereocenters. The van der Waals surface area contributed by atoms with E-state index in [1.54, 1.807) is 6.92 Å². The van der Waals surface area contributed by atoms with Gasteiger partial charge in [0.05, 0.1) is 11.5 Å². The number of nitrogens with zero attached hydrogens (tertiary/aromatic N) is 2. The van der Waals surface area contributed by atoms with E-state index in [1.807, 2.05) is 0 Å². The average Bonchev–Trinajstić information content (AvgIpc) is 2.14. The van der Waals surface area contributed by atoms with Gasteiger partial charge in [-0.25, -0.2) is 13.2 Å². The van der Waals surface area contributed by atoms with Gasteiger partial charge in [0.15, 0.2) is 9.84 Å². The zero-order valence-electron chi connectivity index (χ0n) is 9.79. The van der Waals surface area contributed by atoms with Crippen molar-refractivity contribution in [3.05, 3.63) is 0 Å². The van der Waals surface area contributed by atoms with Crippen LogP contribution < -0.4 is 0 Å². The van der Waals surface area contributed by atoms with E-state index in [0.717, 1.165) is 4.90 Å². The summed E-state index contributed by atoms with van der Waals surface area (Å²) in [6.07, 6.45) is 0. The third kappa shape index (κ3) is 3.58. The molecule has 2 amide bonds. The third-order valence-electron chi connectivity index (χ3n) is 2.62. The normalized spacial score (nSPS) is 23.2. The number of hydrogen-bond acceptors (Lipinski definition) is 4. The van der Waals surface area contributed by atoms with Crippen molar-refractivity contribution in [1.82, 2.24) is 9.80 Å². The Balaban J connectivity index is 2.68. The first kappa shape index (κ1) is 13.8. The molecule has 0 radical (unpaired) electrons. The smallest absolute Gasteiger partial charge is 0.323 e. The van der Waals surface area contributed by atoms with Gasteiger partial charge >= 0.3 is 12.0 Å². The van der Waals surface area contributed by atoms with Crippen LogP contribution in [0.5, 0.6) is 0 Å². The minimum absolute atomic E-state index is 0.0655. The number of sulfone groups is 1. The van der Waals surface area contributed by atoms with E-state index < -0.39 is 34.4 Å². The highest BCUT2D eigenvalue weighted by Crippen LogP contribution is 2.13. The summed E-state index contributed by atoms with van der Waals surface area (Å²) in [6, 6.07) is -0.868. The number of carbonyl (C=O) groups excluding carboxylic acids is 1. The van der Waals surface area contributed by atoms with Crippen molar-refractivity contribution in [3.8, 4) is 0 Å². The van der Waals surface area contributed by atoms with Crippen LogP contribution in [0.1, 0.15) is 6.92 Å². The van der Waals surface area contributed by atoms with Gasteiger partial charge in [-0.3, -0.25) is 4.79 Å². The molecular formula is C9H16N2O5S. The van der Waals surface area contributed by atoms with E-state index in [0.29, 0.717) is 0 Å². The molecule has 1 fully saturated rings. The van der Waals surface area contributed by atoms with Gasteiger partial charge in [-0.15, -0.1) is 0 Å². The molecule has 0 spiro atoms. The Morgan fingerprint density at radius 3 is 2.53 bits per heavy atom. The van der Waals surface area contributed by atoms with Gasteiger partial charge < -0.3 is 14.9 Å². The summed E-state index contributed by atoms with van der Waals surface area (Å²) >= 11 is 0. The van der Waals surface area contributed by atoms with Crippen LogP contribution in [-0.4, -0.2) is 73.0 Å². The van der Waals surface area contributed by atoms with Crippen molar-refractivity contribution < 1.29 is 23.1 Å². The highest BCUT2D eigenvalue weighted by Gasteiger charge is 2.32. The summed E-state index contributed by atoms with van der Waals surface area (Å²) in [7, 11) is -1.69. The van der Waals surface area contributed by atoms with Crippen molar-refractivity contribution in [3.63, 3.8) is 0 Å². The molecule has 0 aliphatic carbocycles. The van der Waals surface area contributed by atoms with Crippen LogP contribution in [0.2, 0.25) is 0 Å². The SMILES string of the molecule is CC1CS(=O)(=O)CCN1C(=O)N(C)CC(=O)O. The Kier molecular flexibility index (Phi) is 3.97. The van der Waals surface area contributed by atoms with Crippen molar-refractivity contribution in [2.75, 3.05) is 31.6 Å². The molecule has 1 atom stereocenters. The molecule has 1 saturated heterocycles. The number of urea groups is 1. The predicted molar refractivity (Wildman–Crippen MR) is 60.5 cm³/mol. The predicted octanol–water partition coefficient (Wildman–Crippen LogP) is -0.758. The van der Waals surface area contributed by atoms with Crippen molar-refractivity contribution in [1.29, 1.82) is 0 Å². The molecule has 98 valence electrons. The first-order chi connectivity index (χ1) is 7.73. The second-order valence-corrected chi connectivity index (χ2v) is 6.42. The van der Waals surface area contributed by atoms with E-state index in [9.17, 15) is 18.0 Å². The molecule has 17 heavy (non-hydrogen) atoms. The van der Waals surface area contributed by atoms with Crippen LogP contribution in [0, 0.1) is 0 Å². The van der Waals surface area contributed by atoms with Gasteiger partial charge in [0.25, 0.3) is 0 Å². The number of carbonyl (C=O) groups is 2. The van der Waals surface area contributed by atoms with E-state index in [4.69, 9.17) is 5.11 Å². The number of carboxylic acids is 1. The molecule has 0 bridgehead atoms. The summed E-state index contributed by atoms with van der Waals surface area (Å²) in [5, 5.41) is 8.57. The third-order valence-corrected chi connectivity index (χ3v) is 4.41. The number of likely N-dealkylation sites (N-methyl/N-ethyl adjacent to an activating group) is 1. The summed E-state index contributed by atoms with van der Waals surface area (Å²) in [4.78, 5) is 24.8. The molecule has 0 aromatic carbocycles. The van der Waals surface area contributed by atoms with Crippen molar-refractivity contribution in [2.24, 2.45) is 0 Å². The number of rotatable bonds is 2.